The molecule has 0 amide bonds. The monoisotopic (exact) mass is 485 g/mol. The van der Waals surface area contributed by atoms with E-state index >= 15 is 0 Å². The number of pyridine rings is 1. The molecule has 1 heterocycles. The van der Waals surface area contributed by atoms with Gasteiger partial charge >= 0.3 is 0 Å². The fraction of sp³-hybridized carbons (Fsp3) is 0.0968. The molecule has 0 unspecified atom stereocenters. The van der Waals surface area contributed by atoms with Gasteiger partial charge < -0.3 is 19.9 Å². The van der Waals surface area contributed by atoms with Gasteiger partial charge in [-0.25, -0.2) is 4.98 Å². The maximum Gasteiger partial charge on any atom is 0.203 e. The molecule has 0 atom stereocenters. The molecule has 1 aromatic heterocycles. The van der Waals surface area contributed by atoms with Crippen LogP contribution in [0, 0.1) is 11.3 Å². The first-order valence-electron chi connectivity index (χ1n) is 11.8. The number of nitrogens with zero attached hydrogens (tertiary/aromatic N) is 2. The van der Waals surface area contributed by atoms with Crippen molar-refractivity contribution in [1.82, 2.24) is 4.98 Å². The van der Waals surface area contributed by atoms with Crippen molar-refractivity contribution in [2.45, 2.75) is 0 Å². The molecular formula is C31H23N3O3. The van der Waals surface area contributed by atoms with Gasteiger partial charge in [-0.05, 0) is 56.1 Å². The number of nitriles is 1. The van der Waals surface area contributed by atoms with Crippen LogP contribution in [-0.4, -0.2) is 26.3 Å². The Hall–Kier alpha value is -5.02. The molecule has 180 valence electrons. The van der Waals surface area contributed by atoms with Gasteiger partial charge in [0.15, 0.2) is 11.5 Å². The van der Waals surface area contributed by atoms with Gasteiger partial charge in [0.25, 0.3) is 0 Å². The molecule has 0 fully saturated rings. The second-order valence-electron chi connectivity index (χ2n) is 8.81. The molecule has 6 rings (SSSR count). The number of benzene rings is 5. The Morgan fingerprint density at radius 1 is 0.730 bits per heavy atom. The van der Waals surface area contributed by atoms with E-state index in [-0.39, 0.29) is 5.82 Å². The topological polar surface area (TPSA) is 90.4 Å². The maximum absolute atomic E-state index is 10.1. The molecule has 5 aromatic carbocycles. The van der Waals surface area contributed by atoms with Crippen LogP contribution in [0.1, 0.15) is 5.56 Å². The van der Waals surface area contributed by atoms with E-state index in [0.717, 1.165) is 27.5 Å². The molecule has 6 nitrogen and oxygen atoms in total. The van der Waals surface area contributed by atoms with Crippen LogP contribution in [0.4, 0.5) is 5.82 Å². The van der Waals surface area contributed by atoms with Crippen LogP contribution < -0.4 is 19.9 Å². The van der Waals surface area contributed by atoms with Crippen molar-refractivity contribution >= 4 is 38.1 Å². The van der Waals surface area contributed by atoms with Crippen molar-refractivity contribution in [1.29, 1.82) is 5.26 Å². The van der Waals surface area contributed by atoms with Crippen LogP contribution >= 0.6 is 0 Å². The summed E-state index contributed by atoms with van der Waals surface area (Å²) in [5.74, 6) is 1.66. The zero-order chi connectivity index (χ0) is 25.7. The van der Waals surface area contributed by atoms with E-state index in [0.29, 0.717) is 28.5 Å². The van der Waals surface area contributed by atoms with E-state index < -0.39 is 0 Å². The summed E-state index contributed by atoms with van der Waals surface area (Å²) in [7, 11) is 4.69. The highest BCUT2D eigenvalue weighted by Gasteiger charge is 2.20. The van der Waals surface area contributed by atoms with Crippen LogP contribution in [-0.2, 0) is 0 Å². The summed E-state index contributed by atoms with van der Waals surface area (Å²) in [5.41, 5.74) is 9.67. The molecule has 0 aliphatic rings. The Morgan fingerprint density at radius 2 is 1.35 bits per heavy atom. The summed E-state index contributed by atoms with van der Waals surface area (Å²) in [4.78, 5) is 4.57. The Labute approximate surface area is 213 Å². The first-order valence-corrected chi connectivity index (χ1v) is 11.8. The number of hydrogen-bond donors (Lipinski definition) is 1. The van der Waals surface area contributed by atoms with Gasteiger partial charge in [0.05, 0.1) is 27.0 Å². The van der Waals surface area contributed by atoms with Gasteiger partial charge in [-0.1, -0.05) is 54.6 Å². The first-order chi connectivity index (χ1) is 18.1. The lowest BCUT2D eigenvalue weighted by Gasteiger charge is -2.17. The minimum absolute atomic E-state index is 0.162. The number of hydrogen-bond acceptors (Lipinski definition) is 6. The molecule has 0 spiro atoms. The van der Waals surface area contributed by atoms with E-state index in [1.54, 1.807) is 21.3 Å². The molecule has 0 saturated heterocycles. The molecule has 6 heteroatoms. The average Bonchev–Trinajstić information content (AvgIpc) is 2.94. The number of aromatic nitrogens is 1. The molecule has 0 radical (unpaired) electrons. The second-order valence-corrected chi connectivity index (χ2v) is 8.81. The third-order valence-corrected chi connectivity index (χ3v) is 6.94. The summed E-state index contributed by atoms with van der Waals surface area (Å²) < 4.78 is 16.5. The molecule has 0 aliphatic heterocycles. The first kappa shape index (κ1) is 22.4. The number of rotatable bonds is 5. The van der Waals surface area contributed by atoms with Crippen molar-refractivity contribution < 1.29 is 14.2 Å². The molecule has 0 aliphatic carbocycles. The van der Waals surface area contributed by atoms with E-state index in [4.69, 9.17) is 19.9 Å². The Balaban J connectivity index is 1.65. The third-order valence-electron chi connectivity index (χ3n) is 6.94. The molecule has 37 heavy (non-hydrogen) atoms. The third kappa shape index (κ3) is 3.36. The lowest BCUT2D eigenvalue weighted by molar-refractivity contribution is 0.324. The molecule has 6 aromatic rings. The number of nitrogen functional groups attached to an aromatic ring is 1. The van der Waals surface area contributed by atoms with Crippen LogP contribution in [0.5, 0.6) is 17.2 Å². The summed E-state index contributed by atoms with van der Waals surface area (Å²) in [6.45, 7) is 0. The Bertz CT molecular complexity index is 1830. The maximum atomic E-state index is 10.1. The average molecular weight is 486 g/mol. The van der Waals surface area contributed by atoms with Crippen LogP contribution in [0.25, 0.3) is 54.7 Å². The fourth-order valence-electron chi connectivity index (χ4n) is 5.24. The van der Waals surface area contributed by atoms with Crippen molar-refractivity contribution in [2.24, 2.45) is 0 Å². The highest BCUT2D eigenvalue weighted by atomic mass is 16.5. The van der Waals surface area contributed by atoms with E-state index in [2.05, 4.69) is 65.7 Å². The minimum atomic E-state index is 0.162. The summed E-state index contributed by atoms with van der Waals surface area (Å²) in [6, 6.07) is 26.8. The van der Waals surface area contributed by atoms with Gasteiger partial charge in [0.2, 0.25) is 5.75 Å². The minimum Gasteiger partial charge on any atom is -0.493 e. The van der Waals surface area contributed by atoms with Crippen molar-refractivity contribution in [3.63, 3.8) is 0 Å². The van der Waals surface area contributed by atoms with Gasteiger partial charge in [-0.15, -0.1) is 0 Å². The predicted octanol–water partition coefficient (Wildman–Crippen LogP) is 6.79. The normalized spacial score (nSPS) is 11.2. The Kier molecular flexibility index (Phi) is 5.20. The van der Waals surface area contributed by atoms with Gasteiger partial charge in [-0.2, -0.15) is 5.26 Å². The van der Waals surface area contributed by atoms with E-state index in [1.165, 1.54) is 21.5 Å². The number of ether oxygens (including phenoxy) is 3. The van der Waals surface area contributed by atoms with Crippen molar-refractivity contribution in [3.8, 4) is 45.7 Å². The van der Waals surface area contributed by atoms with E-state index in [9.17, 15) is 5.26 Å². The predicted molar refractivity (Wildman–Crippen MR) is 148 cm³/mol. The zero-order valence-corrected chi connectivity index (χ0v) is 20.6. The zero-order valence-electron chi connectivity index (χ0n) is 20.6. The quantitative estimate of drug-likeness (QED) is 0.270. The van der Waals surface area contributed by atoms with Crippen LogP contribution in [0.15, 0.2) is 72.8 Å². The van der Waals surface area contributed by atoms with Gasteiger partial charge in [0, 0.05) is 11.1 Å². The molecule has 2 N–H and O–H groups in total. The molecule has 0 saturated carbocycles. The largest absolute Gasteiger partial charge is 0.493 e. The molecular weight excluding hydrogens is 462 g/mol. The van der Waals surface area contributed by atoms with Crippen molar-refractivity contribution in [3.05, 3.63) is 78.4 Å². The smallest absolute Gasteiger partial charge is 0.203 e. The van der Waals surface area contributed by atoms with Crippen LogP contribution in [0.3, 0.4) is 0 Å². The lowest BCUT2D eigenvalue weighted by Crippen LogP contribution is -2.01. The highest BCUT2D eigenvalue weighted by Crippen LogP contribution is 2.44. The highest BCUT2D eigenvalue weighted by molar-refractivity contribution is 6.25. The molecule has 0 bridgehead atoms. The number of nitrogens with two attached hydrogens (primary N) is 1. The fourth-order valence-corrected chi connectivity index (χ4v) is 5.24. The van der Waals surface area contributed by atoms with Crippen LogP contribution in [0.2, 0.25) is 0 Å². The Morgan fingerprint density at radius 3 is 1.97 bits per heavy atom. The summed E-state index contributed by atoms with van der Waals surface area (Å²) in [6.07, 6.45) is 0. The lowest BCUT2D eigenvalue weighted by atomic mass is 9.88. The van der Waals surface area contributed by atoms with E-state index in [1.807, 2.05) is 18.2 Å². The van der Waals surface area contributed by atoms with Gasteiger partial charge in [-0.3, -0.25) is 0 Å². The standard InChI is InChI=1S/C31H23N3O3/c1-35-26-13-20(14-27(36-2)30(26)37-3)25-15-23(24(16-32)31(33)34-25)21-11-9-19-8-7-17-5-4-6-18-10-12-22(21)29(19)28(17)18/h4-15H,1-3H3,(H2,33,34). The SMILES string of the molecule is COc1cc(-c2cc(-c3ccc4ccc5cccc6ccc3c4c56)c(C#N)c(N)n2)cc(OC)c1OC. The summed E-state index contributed by atoms with van der Waals surface area (Å²) in [5, 5.41) is 17.0. The summed E-state index contributed by atoms with van der Waals surface area (Å²) >= 11 is 0. The second kappa shape index (κ2) is 8.58. The number of anilines is 1. The van der Waals surface area contributed by atoms with Gasteiger partial charge in [0.1, 0.15) is 17.5 Å². The number of methoxy groups -OCH3 is 3. The van der Waals surface area contributed by atoms with Crippen molar-refractivity contribution in [2.75, 3.05) is 27.1 Å².